The van der Waals surface area contributed by atoms with Gasteiger partial charge in [0.15, 0.2) is 0 Å². The van der Waals surface area contributed by atoms with E-state index < -0.39 is 5.92 Å². The van der Waals surface area contributed by atoms with Gasteiger partial charge in [-0.25, -0.2) is 0 Å². The van der Waals surface area contributed by atoms with Crippen molar-refractivity contribution in [1.82, 2.24) is 4.90 Å². The lowest BCUT2D eigenvalue weighted by Gasteiger charge is -2.25. The maximum absolute atomic E-state index is 13.0. The lowest BCUT2D eigenvalue weighted by Crippen LogP contribution is -2.40. The summed E-state index contributed by atoms with van der Waals surface area (Å²) in [7, 11) is 0. The molecule has 1 aromatic rings. The minimum atomic E-state index is -0.408. The highest BCUT2D eigenvalue weighted by molar-refractivity contribution is 6.33. The highest BCUT2D eigenvalue weighted by atomic mass is 35.5. The zero-order chi connectivity index (χ0) is 19.4. The van der Waals surface area contributed by atoms with Crippen molar-refractivity contribution < 1.29 is 19.1 Å². The number of halogens is 1. The zero-order valence-corrected chi connectivity index (χ0v) is 16.3. The van der Waals surface area contributed by atoms with Crippen molar-refractivity contribution in [2.24, 2.45) is 11.8 Å². The van der Waals surface area contributed by atoms with Gasteiger partial charge < -0.3 is 14.5 Å². The molecule has 0 radical (unpaired) electrons. The van der Waals surface area contributed by atoms with Crippen LogP contribution in [0.5, 0.6) is 0 Å². The Labute approximate surface area is 164 Å². The molecule has 0 bridgehead atoms. The summed E-state index contributed by atoms with van der Waals surface area (Å²) >= 11 is 6.21. The molecule has 1 unspecified atom stereocenters. The van der Waals surface area contributed by atoms with Crippen molar-refractivity contribution in [2.75, 3.05) is 31.1 Å². The maximum atomic E-state index is 13.0. The van der Waals surface area contributed by atoms with Gasteiger partial charge in [-0.1, -0.05) is 23.7 Å². The number of para-hydroxylation sites is 1. The highest BCUT2D eigenvalue weighted by Crippen LogP contribution is 2.33. The average Bonchev–Trinajstić information content (AvgIpc) is 3.39. The number of esters is 1. The first-order valence-corrected chi connectivity index (χ1v) is 9.86. The Morgan fingerprint density at radius 3 is 2.70 bits per heavy atom. The van der Waals surface area contributed by atoms with Crippen molar-refractivity contribution >= 4 is 35.1 Å². The molecule has 7 heteroatoms. The van der Waals surface area contributed by atoms with Crippen LogP contribution in [0.4, 0.5) is 5.69 Å². The van der Waals surface area contributed by atoms with Gasteiger partial charge in [-0.15, -0.1) is 0 Å². The molecule has 0 spiro atoms. The Kier molecular flexibility index (Phi) is 6.37. The Bertz CT molecular complexity index is 720. The molecule has 27 heavy (non-hydrogen) atoms. The van der Waals surface area contributed by atoms with E-state index in [4.69, 9.17) is 16.3 Å². The van der Waals surface area contributed by atoms with Gasteiger partial charge in [0, 0.05) is 26.1 Å². The molecule has 1 aromatic carbocycles. The number of hydrogen-bond donors (Lipinski definition) is 0. The minimum absolute atomic E-state index is 0.0610. The molecule has 3 rings (SSSR count). The van der Waals surface area contributed by atoms with Crippen molar-refractivity contribution in [1.29, 1.82) is 0 Å². The molecule has 2 fully saturated rings. The van der Waals surface area contributed by atoms with Gasteiger partial charge >= 0.3 is 5.97 Å². The van der Waals surface area contributed by atoms with Gasteiger partial charge in [-0.05, 0) is 37.8 Å². The van der Waals surface area contributed by atoms with E-state index in [1.165, 1.54) is 0 Å². The summed E-state index contributed by atoms with van der Waals surface area (Å²) < 4.78 is 4.97. The van der Waals surface area contributed by atoms with Crippen LogP contribution in [0.1, 0.15) is 32.6 Å². The molecule has 1 heterocycles. The first-order valence-electron chi connectivity index (χ1n) is 9.49. The van der Waals surface area contributed by atoms with Crippen molar-refractivity contribution in [2.45, 2.75) is 32.6 Å². The number of nitrogens with zero attached hydrogens (tertiary/aromatic N) is 2. The van der Waals surface area contributed by atoms with E-state index in [2.05, 4.69) is 0 Å². The number of hydrogen-bond acceptors (Lipinski definition) is 4. The summed E-state index contributed by atoms with van der Waals surface area (Å²) in [6, 6.07) is 7.15. The fraction of sp³-hybridized carbons (Fsp3) is 0.550. The quantitative estimate of drug-likeness (QED) is 0.638. The summed E-state index contributed by atoms with van der Waals surface area (Å²) in [5, 5.41) is 0.496. The minimum Gasteiger partial charge on any atom is -0.466 e. The van der Waals surface area contributed by atoms with E-state index in [0.717, 1.165) is 12.8 Å². The smallest absolute Gasteiger partial charge is 0.307 e. The second-order valence-corrected chi connectivity index (χ2v) is 7.55. The number of benzene rings is 1. The predicted molar refractivity (Wildman–Crippen MR) is 102 cm³/mol. The van der Waals surface area contributed by atoms with Crippen LogP contribution < -0.4 is 4.90 Å². The van der Waals surface area contributed by atoms with E-state index in [1.807, 2.05) is 12.1 Å². The maximum Gasteiger partial charge on any atom is 0.307 e. The lowest BCUT2D eigenvalue weighted by molar-refractivity contribution is -0.144. The fourth-order valence-corrected chi connectivity index (χ4v) is 3.64. The average molecular weight is 393 g/mol. The largest absolute Gasteiger partial charge is 0.466 e. The van der Waals surface area contributed by atoms with Gasteiger partial charge in [0.25, 0.3) is 0 Å². The number of rotatable bonds is 8. The molecule has 146 valence electrons. The summed E-state index contributed by atoms with van der Waals surface area (Å²) in [6.07, 6.45) is 2.57. The molecule has 1 saturated heterocycles. The number of ether oxygens (including phenoxy) is 1. The topological polar surface area (TPSA) is 66.9 Å². The van der Waals surface area contributed by atoms with E-state index in [1.54, 1.807) is 28.9 Å². The van der Waals surface area contributed by atoms with Gasteiger partial charge in [0.2, 0.25) is 11.8 Å². The molecule has 0 aromatic heterocycles. The summed E-state index contributed by atoms with van der Waals surface area (Å²) in [5.41, 5.74) is 0.639. The van der Waals surface area contributed by atoms with Crippen molar-refractivity contribution in [3.05, 3.63) is 29.3 Å². The van der Waals surface area contributed by atoms with E-state index in [0.29, 0.717) is 42.9 Å². The summed E-state index contributed by atoms with van der Waals surface area (Å²) in [5.74, 6) is -0.360. The molecule has 6 nitrogen and oxygen atoms in total. The summed E-state index contributed by atoms with van der Waals surface area (Å²) in [6.45, 7) is 3.40. The van der Waals surface area contributed by atoms with Gasteiger partial charge in [-0.3, -0.25) is 14.4 Å². The number of amides is 2. The first kappa shape index (κ1) is 19.7. The SMILES string of the molecule is CCOC(=O)CCN(CC1CC1)C(=O)C1CC(=O)N(c2ccccc2Cl)C1. The Hall–Kier alpha value is -2.08. The van der Waals surface area contributed by atoms with Crippen LogP contribution >= 0.6 is 11.6 Å². The highest BCUT2D eigenvalue weighted by Gasteiger charge is 2.39. The summed E-state index contributed by atoms with van der Waals surface area (Å²) in [4.78, 5) is 40.5. The zero-order valence-electron chi connectivity index (χ0n) is 15.5. The second-order valence-electron chi connectivity index (χ2n) is 7.14. The molecule has 1 saturated carbocycles. The molecule has 0 N–H and O–H groups in total. The van der Waals surface area contributed by atoms with Gasteiger partial charge in [-0.2, -0.15) is 0 Å². The molecule has 2 aliphatic rings. The van der Waals surface area contributed by atoms with Crippen LogP contribution in [0.3, 0.4) is 0 Å². The molecule has 1 atom stereocenters. The van der Waals surface area contributed by atoms with Crippen LogP contribution in [-0.4, -0.2) is 48.9 Å². The van der Waals surface area contributed by atoms with Crippen molar-refractivity contribution in [3.63, 3.8) is 0 Å². The standard InChI is InChI=1S/C20H25ClN2O4/c1-2-27-19(25)9-10-22(12-14-7-8-14)20(26)15-11-18(24)23(13-15)17-6-4-3-5-16(17)21/h3-6,14-15H,2,7-13H2,1H3. The van der Waals surface area contributed by atoms with Crippen LogP contribution in [0.25, 0.3) is 0 Å². The predicted octanol–water partition coefficient (Wildman–Crippen LogP) is 2.88. The number of carbonyl (C=O) groups is 3. The molecule has 2 amide bonds. The second kappa shape index (κ2) is 8.74. The Morgan fingerprint density at radius 2 is 2.04 bits per heavy atom. The monoisotopic (exact) mass is 392 g/mol. The van der Waals surface area contributed by atoms with E-state index in [9.17, 15) is 14.4 Å². The Morgan fingerprint density at radius 1 is 1.30 bits per heavy atom. The van der Waals surface area contributed by atoms with Crippen LogP contribution in [0.15, 0.2) is 24.3 Å². The third-order valence-corrected chi connectivity index (χ3v) is 5.32. The number of anilines is 1. The van der Waals surface area contributed by atoms with Crippen LogP contribution in [0, 0.1) is 11.8 Å². The van der Waals surface area contributed by atoms with Crippen molar-refractivity contribution in [3.8, 4) is 0 Å². The first-order chi connectivity index (χ1) is 13.0. The number of carbonyl (C=O) groups excluding carboxylic acids is 3. The van der Waals surface area contributed by atoms with Crippen LogP contribution in [0.2, 0.25) is 5.02 Å². The van der Waals surface area contributed by atoms with Gasteiger partial charge in [0.1, 0.15) is 0 Å². The molecule has 1 aliphatic carbocycles. The third kappa shape index (κ3) is 5.01. The molecular weight excluding hydrogens is 368 g/mol. The van der Waals surface area contributed by atoms with E-state index in [-0.39, 0.29) is 30.6 Å². The third-order valence-electron chi connectivity index (χ3n) is 5.00. The molecular formula is C20H25ClN2O4. The van der Waals surface area contributed by atoms with Crippen LogP contribution in [-0.2, 0) is 19.1 Å². The van der Waals surface area contributed by atoms with E-state index >= 15 is 0 Å². The normalized spacial score (nSPS) is 19.3. The fourth-order valence-electron chi connectivity index (χ4n) is 3.40. The lowest BCUT2D eigenvalue weighted by atomic mass is 10.1. The molecule has 1 aliphatic heterocycles. The van der Waals surface area contributed by atoms with Gasteiger partial charge in [0.05, 0.1) is 29.7 Å². The Balaban J connectivity index is 1.65.